The Hall–Kier alpha value is -6.27. The maximum absolute atomic E-state index is 3.60. The SMILES string of the molecule is CCc1c(C[n+]2cccc(CNc3ccccc3)c2)c(CC)c(C[n+]2cccc(CNc3ccccc3)c2)c(CC)c1C[n+]1cccc(CNc2ccccc2)c1. The van der Waals surface area contributed by atoms with Crippen molar-refractivity contribution in [2.45, 2.75) is 79.3 Å². The van der Waals surface area contributed by atoms with Crippen molar-refractivity contribution in [3.8, 4) is 0 Å². The van der Waals surface area contributed by atoms with E-state index in [4.69, 9.17) is 0 Å². The van der Waals surface area contributed by atoms with Gasteiger partial charge in [0.15, 0.2) is 56.8 Å². The second kappa shape index (κ2) is 19.5. The molecule has 7 rings (SSSR count). The molecule has 57 heavy (non-hydrogen) atoms. The van der Waals surface area contributed by atoms with E-state index in [2.05, 4.69) is 215 Å². The quantitative estimate of drug-likeness (QED) is 0.0767. The van der Waals surface area contributed by atoms with Gasteiger partial charge in [0.2, 0.25) is 0 Å². The Labute approximate surface area is 339 Å². The molecule has 3 aromatic heterocycles. The zero-order chi connectivity index (χ0) is 39.2. The second-order valence-electron chi connectivity index (χ2n) is 14.7. The fraction of sp³-hybridized carbons (Fsp3) is 0.235. The van der Waals surface area contributed by atoms with Gasteiger partial charge < -0.3 is 16.0 Å². The summed E-state index contributed by atoms with van der Waals surface area (Å²) in [6.07, 6.45) is 16.6. The standard InChI is InChI=1S/C51H57N6/c1-4-46-49(37-55-28-16-19-40(34-55)31-52-43-22-10-7-11-23-43)47(5-2)51(39-57-30-18-21-42(36-57)33-54-45-26-14-9-15-27-45)48(6-3)50(46)38-56-29-17-20-41(35-56)32-53-44-24-12-8-13-25-44/h7-30,34-36,52-54H,4-6,31-33,37-39H2,1-3H3/q+3. The Morgan fingerprint density at radius 2 is 0.614 bits per heavy atom. The van der Waals surface area contributed by atoms with E-state index in [0.29, 0.717) is 0 Å². The highest BCUT2D eigenvalue weighted by atomic mass is 15.0. The van der Waals surface area contributed by atoms with E-state index in [1.165, 1.54) is 50.1 Å². The van der Waals surface area contributed by atoms with Gasteiger partial charge in [-0.3, -0.25) is 0 Å². The van der Waals surface area contributed by atoms with Crippen LogP contribution in [-0.4, -0.2) is 0 Å². The minimum atomic E-state index is 0.773. The van der Waals surface area contributed by atoms with E-state index in [-0.39, 0.29) is 0 Å². The highest BCUT2D eigenvalue weighted by Gasteiger charge is 2.27. The van der Waals surface area contributed by atoms with Crippen LogP contribution in [0.25, 0.3) is 0 Å². The Bertz CT molecular complexity index is 2060. The van der Waals surface area contributed by atoms with Crippen LogP contribution in [-0.2, 0) is 58.5 Å². The molecule has 0 atom stereocenters. The fourth-order valence-electron chi connectivity index (χ4n) is 8.11. The third-order valence-corrected chi connectivity index (χ3v) is 10.8. The van der Waals surface area contributed by atoms with E-state index in [1.807, 2.05) is 0 Å². The Morgan fingerprint density at radius 1 is 0.333 bits per heavy atom. The Kier molecular flexibility index (Phi) is 13.4. The smallest absolute Gasteiger partial charge is 0.174 e. The molecule has 4 aromatic carbocycles. The first-order valence-electron chi connectivity index (χ1n) is 20.6. The van der Waals surface area contributed by atoms with Crippen LogP contribution in [0, 0.1) is 0 Å². The first-order valence-corrected chi connectivity index (χ1v) is 20.6. The van der Waals surface area contributed by atoms with Gasteiger partial charge in [-0.15, -0.1) is 0 Å². The summed E-state index contributed by atoms with van der Waals surface area (Å²) in [6, 6.07) is 44.6. The van der Waals surface area contributed by atoms with Crippen molar-refractivity contribution in [3.05, 3.63) is 215 Å². The molecule has 0 amide bonds. The normalized spacial score (nSPS) is 11.0. The Balaban J connectivity index is 1.25. The largest absolute Gasteiger partial charge is 0.381 e. The number of para-hydroxylation sites is 3. The summed E-state index contributed by atoms with van der Waals surface area (Å²) in [5, 5.41) is 10.8. The second-order valence-corrected chi connectivity index (χ2v) is 14.7. The van der Waals surface area contributed by atoms with Crippen LogP contribution in [0.2, 0.25) is 0 Å². The molecule has 288 valence electrons. The molecule has 0 aliphatic heterocycles. The third-order valence-electron chi connectivity index (χ3n) is 10.8. The van der Waals surface area contributed by atoms with Gasteiger partial charge in [0.05, 0.1) is 0 Å². The van der Waals surface area contributed by atoms with Gasteiger partial charge in [0.1, 0.15) is 0 Å². The van der Waals surface area contributed by atoms with Crippen LogP contribution in [0.5, 0.6) is 0 Å². The zero-order valence-corrected chi connectivity index (χ0v) is 33.8. The summed E-state index contributed by atoms with van der Waals surface area (Å²) in [4.78, 5) is 0. The lowest BCUT2D eigenvalue weighted by atomic mass is 9.83. The molecule has 0 aliphatic carbocycles. The summed E-state index contributed by atoms with van der Waals surface area (Å²) < 4.78 is 7.17. The van der Waals surface area contributed by atoms with E-state index >= 15 is 0 Å². The van der Waals surface area contributed by atoms with Crippen LogP contribution in [0.4, 0.5) is 17.1 Å². The number of rotatable bonds is 18. The number of hydrogen-bond acceptors (Lipinski definition) is 3. The topological polar surface area (TPSA) is 47.7 Å². The van der Waals surface area contributed by atoms with E-state index in [1.54, 1.807) is 0 Å². The maximum Gasteiger partial charge on any atom is 0.174 e. The maximum atomic E-state index is 3.60. The van der Waals surface area contributed by atoms with Gasteiger partial charge in [-0.05, 0) is 90.6 Å². The van der Waals surface area contributed by atoms with Crippen molar-refractivity contribution in [3.63, 3.8) is 0 Å². The van der Waals surface area contributed by atoms with Gasteiger partial charge in [-0.2, -0.15) is 0 Å². The molecule has 7 aromatic rings. The van der Waals surface area contributed by atoms with Crippen LogP contribution >= 0.6 is 0 Å². The van der Waals surface area contributed by atoms with Crippen molar-refractivity contribution in [2.75, 3.05) is 16.0 Å². The molecule has 0 saturated carbocycles. The summed E-state index contributed by atoms with van der Waals surface area (Å²) in [5.74, 6) is 0. The number of nitrogens with one attached hydrogen (secondary N) is 3. The Morgan fingerprint density at radius 3 is 0.877 bits per heavy atom. The monoisotopic (exact) mass is 753 g/mol. The first kappa shape index (κ1) is 39.0. The highest BCUT2D eigenvalue weighted by Crippen LogP contribution is 2.31. The molecule has 6 heteroatoms. The van der Waals surface area contributed by atoms with Gasteiger partial charge in [-0.25, -0.2) is 13.7 Å². The van der Waals surface area contributed by atoms with Crippen molar-refractivity contribution < 1.29 is 13.7 Å². The van der Waals surface area contributed by atoms with Crippen molar-refractivity contribution in [1.29, 1.82) is 0 Å². The van der Waals surface area contributed by atoms with Gasteiger partial charge >= 0.3 is 0 Å². The number of aromatic nitrogens is 3. The zero-order valence-electron chi connectivity index (χ0n) is 33.8. The minimum Gasteiger partial charge on any atom is -0.381 e. The predicted octanol–water partition coefficient (Wildman–Crippen LogP) is 9.22. The summed E-state index contributed by atoms with van der Waals surface area (Å²) in [7, 11) is 0. The van der Waals surface area contributed by atoms with Gasteiger partial charge in [0, 0.05) is 88.3 Å². The third kappa shape index (κ3) is 10.3. The van der Waals surface area contributed by atoms with Crippen LogP contribution in [0.3, 0.4) is 0 Å². The van der Waals surface area contributed by atoms with E-state index in [0.717, 1.165) is 75.6 Å². The van der Waals surface area contributed by atoms with Gasteiger partial charge in [0.25, 0.3) is 0 Å². The average Bonchev–Trinajstić information content (AvgIpc) is 3.26. The number of nitrogens with zero attached hydrogens (tertiary/aromatic N) is 3. The molecular formula is C51H57N6+3. The molecule has 3 heterocycles. The molecule has 0 radical (unpaired) electrons. The predicted molar refractivity (Wildman–Crippen MR) is 233 cm³/mol. The summed E-state index contributed by atoms with van der Waals surface area (Å²) in [5.41, 5.74) is 16.0. The van der Waals surface area contributed by atoms with Crippen molar-refractivity contribution >= 4 is 17.1 Å². The molecule has 0 saturated heterocycles. The molecule has 0 bridgehead atoms. The summed E-state index contributed by atoms with van der Waals surface area (Å²) >= 11 is 0. The minimum absolute atomic E-state index is 0.773. The number of benzene rings is 4. The van der Waals surface area contributed by atoms with E-state index < -0.39 is 0 Å². The van der Waals surface area contributed by atoms with Gasteiger partial charge in [-0.1, -0.05) is 75.4 Å². The van der Waals surface area contributed by atoms with Crippen molar-refractivity contribution in [1.82, 2.24) is 0 Å². The number of hydrogen-bond donors (Lipinski definition) is 3. The first-order chi connectivity index (χ1) is 28.1. The van der Waals surface area contributed by atoms with Crippen molar-refractivity contribution in [2.24, 2.45) is 0 Å². The average molecular weight is 754 g/mol. The molecule has 0 aliphatic rings. The fourth-order valence-corrected chi connectivity index (χ4v) is 8.11. The number of pyridine rings is 3. The molecule has 0 spiro atoms. The molecule has 3 N–H and O–H groups in total. The lowest BCUT2D eigenvalue weighted by molar-refractivity contribution is -0.691. The molecule has 0 fully saturated rings. The summed E-state index contributed by atoms with van der Waals surface area (Å²) in [6.45, 7) is 11.8. The highest BCUT2D eigenvalue weighted by molar-refractivity contribution is 5.52. The molecule has 0 unspecified atom stereocenters. The van der Waals surface area contributed by atoms with Crippen LogP contribution < -0.4 is 29.7 Å². The van der Waals surface area contributed by atoms with Crippen LogP contribution in [0.15, 0.2) is 165 Å². The lowest BCUT2D eigenvalue weighted by Crippen LogP contribution is -2.39. The molecule has 6 nitrogen and oxygen atoms in total. The lowest BCUT2D eigenvalue weighted by Gasteiger charge is -2.23. The van der Waals surface area contributed by atoms with Crippen LogP contribution in [0.1, 0.15) is 70.8 Å². The molecular weight excluding hydrogens is 697 g/mol. The van der Waals surface area contributed by atoms with E-state index in [9.17, 15) is 0 Å². The number of anilines is 3.